The zero-order valence-electron chi connectivity index (χ0n) is 7.25. The maximum absolute atomic E-state index is 4.00. The van der Waals surface area contributed by atoms with E-state index in [1.807, 2.05) is 11.6 Å². The monoisotopic (exact) mass is 153 g/mol. The maximum atomic E-state index is 4.00. The summed E-state index contributed by atoms with van der Waals surface area (Å²) < 4.78 is 1.98. The first-order valence-electron chi connectivity index (χ1n) is 4.17. The van der Waals surface area contributed by atoms with Crippen LogP contribution in [0.2, 0.25) is 0 Å². The molecular weight excluding hydrogens is 138 g/mol. The van der Waals surface area contributed by atoms with E-state index in [2.05, 4.69) is 17.1 Å². The molecule has 0 bridgehead atoms. The van der Waals surface area contributed by atoms with E-state index < -0.39 is 0 Å². The predicted molar refractivity (Wildman–Crippen MR) is 44.2 cm³/mol. The van der Waals surface area contributed by atoms with Crippen LogP contribution >= 0.6 is 0 Å². The van der Waals surface area contributed by atoms with Crippen LogP contribution in [0, 0.1) is 0 Å². The van der Waals surface area contributed by atoms with Gasteiger partial charge < -0.3 is 4.57 Å². The van der Waals surface area contributed by atoms with Gasteiger partial charge in [0.05, 0.1) is 0 Å². The molecule has 0 radical (unpaired) electrons. The van der Waals surface area contributed by atoms with Gasteiger partial charge in [0.25, 0.3) is 0 Å². The van der Waals surface area contributed by atoms with E-state index in [9.17, 15) is 0 Å². The molecule has 0 aliphatic rings. The minimum Gasteiger partial charge on any atom is -0.321 e. The second-order valence-corrected chi connectivity index (χ2v) is 2.82. The highest BCUT2D eigenvalue weighted by Crippen LogP contribution is 2.01. The molecule has 3 nitrogen and oxygen atoms in total. The van der Waals surface area contributed by atoms with E-state index in [0.717, 1.165) is 12.2 Å². The van der Waals surface area contributed by atoms with Crippen molar-refractivity contribution in [3.63, 3.8) is 0 Å². The topological polar surface area (TPSA) is 30.7 Å². The quantitative estimate of drug-likeness (QED) is 0.614. The molecule has 1 aromatic rings. The van der Waals surface area contributed by atoms with Gasteiger partial charge in [0, 0.05) is 13.5 Å². The molecule has 0 unspecified atom stereocenters. The third kappa shape index (κ3) is 2.33. The third-order valence-electron chi connectivity index (χ3n) is 1.81. The Morgan fingerprint density at radius 3 is 2.82 bits per heavy atom. The van der Waals surface area contributed by atoms with Crippen molar-refractivity contribution >= 4 is 0 Å². The van der Waals surface area contributed by atoms with Gasteiger partial charge in [-0.3, -0.25) is 0 Å². The lowest BCUT2D eigenvalue weighted by Gasteiger charge is -1.97. The number of nitrogens with zero attached hydrogens (tertiary/aromatic N) is 3. The minimum absolute atomic E-state index is 1.06. The third-order valence-corrected chi connectivity index (χ3v) is 1.81. The van der Waals surface area contributed by atoms with Crippen molar-refractivity contribution in [2.45, 2.75) is 32.6 Å². The van der Waals surface area contributed by atoms with Crippen LogP contribution in [0.15, 0.2) is 6.33 Å². The predicted octanol–water partition coefficient (Wildman–Crippen LogP) is 1.55. The zero-order valence-corrected chi connectivity index (χ0v) is 7.25. The second-order valence-electron chi connectivity index (χ2n) is 2.82. The van der Waals surface area contributed by atoms with Gasteiger partial charge in [-0.25, -0.2) is 0 Å². The van der Waals surface area contributed by atoms with Gasteiger partial charge in [0.15, 0.2) is 0 Å². The van der Waals surface area contributed by atoms with Crippen molar-refractivity contribution in [3.8, 4) is 0 Å². The molecule has 0 saturated heterocycles. The van der Waals surface area contributed by atoms with Crippen molar-refractivity contribution in [2.24, 2.45) is 7.05 Å². The molecule has 0 fully saturated rings. The molecule has 0 atom stereocenters. The van der Waals surface area contributed by atoms with E-state index in [1.54, 1.807) is 6.33 Å². The van der Waals surface area contributed by atoms with E-state index in [-0.39, 0.29) is 0 Å². The van der Waals surface area contributed by atoms with Crippen LogP contribution < -0.4 is 0 Å². The Balaban J connectivity index is 2.32. The Bertz CT molecular complexity index is 205. The summed E-state index contributed by atoms with van der Waals surface area (Å²) >= 11 is 0. The van der Waals surface area contributed by atoms with Gasteiger partial charge in [-0.15, -0.1) is 10.2 Å². The molecule has 0 saturated carbocycles. The SMILES string of the molecule is CCCCCc1nncn1C. The highest BCUT2D eigenvalue weighted by molar-refractivity contribution is 4.83. The molecule has 0 amide bonds. The van der Waals surface area contributed by atoms with Crippen LogP contribution in [-0.2, 0) is 13.5 Å². The highest BCUT2D eigenvalue weighted by Gasteiger charge is 1.98. The number of aryl methyl sites for hydroxylation is 2. The lowest BCUT2D eigenvalue weighted by molar-refractivity contribution is 0.670. The Morgan fingerprint density at radius 1 is 1.45 bits per heavy atom. The van der Waals surface area contributed by atoms with Crippen molar-refractivity contribution in [1.29, 1.82) is 0 Å². The summed E-state index contributed by atoms with van der Waals surface area (Å²) in [6.07, 6.45) is 6.58. The van der Waals surface area contributed by atoms with Crippen LogP contribution in [-0.4, -0.2) is 14.8 Å². The Labute approximate surface area is 67.4 Å². The Hall–Kier alpha value is -0.860. The van der Waals surface area contributed by atoms with Gasteiger partial charge in [0.1, 0.15) is 12.2 Å². The highest BCUT2D eigenvalue weighted by atomic mass is 15.2. The van der Waals surface area contributed by atoms with Gasteiger partial charge in [-0.2, -0.15) is 0 Å². The molecule has 1 heterocycles. The molecule has 11 heavy (non-hydrogen) atoms. The first-order chi connectivity index (χ1) is 5.34. The summed E-state index contributed by atoms with van der Waals surface area (Å²) in [6.45, 7) is 2.21. The van der Waals surface area contributed by atoms with Crippen molar-refractivity contribution in [2.75, 3.05) is 0 Å². The molecule has 1 aromatic heterocycles. The Morgan fingerprint density at radius 2 is 2.27 bits per heavy atom. The average Bonchev–Trinajstić information content (AvgIpc) is 2.37. The maximum Gasteiger partial charge on any atom is 0.132 e. The molecule has 3 heteroatoms. The minimum atomic E-state index is 1.06. The standard InChI is InChI=1S/C8H15N3/c1-3-4-5-6-8-10-9-7-11(8)2/h7H,3-6H2,1-2H3. The molecule has 1 rings (SSSR count). The van der Waals surface area contributed by atoms with E-state index in [4.69, 9.17) is 0 Å². The summed E-state index contributed by atoms with van der Waals surface area (Å²) in [6, 6.07) is 0. The van der Waals surface area contributed by atoms with Crippen molar-refractivity contribution < 1.29 is 0 Å². The molecule has 62 valence electrons. The first-order valence-corrected chi connectivity index (χ1v) is 4.17. The lowest BCUT2D eigenvalue weighted by Crippen LogP contribution is -1.96. The largest absolute Gasteiger partial charge is 0.321 e. The van der Waals surface area contributed by atoms with Crippen LogP contribution in [0.1, 0.15) is 32.0 Å². The molecule has 0 spiro atoms. The van der Waals surface area contributed by atoms with Crippen molar-refractivity contribution in [3.05, 3.63) is 12.2 Å². The summed E-state index contributed by atoms with van der Waals surface area (Å²) in [4.78, 5) is 0. The number of aromatic nitrogens is 3. The molecule has 0 aromatic carbocycles. The van der Waals surface area contributed by atoms with Gasteiger partial charge >= 0.3 is 0 Å². The van der Waals surface area contributed by atoms with Gasteiger partial charge in [-0.1, -0.05) is 19.8 Å². The van der Waals surface area contributed by atoms with Crippen LogP contribution in [0.3, 0.4) is 0 Å². The number of hydrogen-bond donors (Lipinski definition) is 0. The summed E-state index contributed by atoms with van der Waals surface area (Å²) in [5, 5.41) is 7.81. The fourth-order valence-electron chi connectivity index (χ4n) is 1.07. The normalized spacial score (nSPS) is 10.4. The number of rotatable bonds is 4. The molecular formula is C8H15N3. The van der Waals surface area contributed by atoms with E-state index in [0.29, 0.717) is 0 Å². The zero-order chi connectivity index (χ0) is 8.10. The van der Waals surface area contributed by atoms with E-state index in [1.165, 1.54) is 19.3 Å². The average molecular weight is 153 g/mol. The van der Waals surface area contributed by atoms with Crippen LogP contribution in [0.5, 0.6) is 0 Å². The van der Waals surface area contributed by atoms with Gasteiger partial charge in [0.2, 0.25) is 0 Å². The smallest absolute Gasteiger partial charge is 0.132 e. The number of hydrogen-bond acceptors (Lipinski definition) is 2. The van der Waals surface area contributed by atoms with E-state index >= 15 is 0 Å². The van der Waals surface area contributed by atoms with Crippen molar-refractivity contribution in [1.82, 2.24) is 14.8 Å². The fourth-order valence-corrected chi connectivity index (χ4v) is 1.07. The van der Waals surface area contributed by atoms with Crippen LogP contribution in [0.25, 0.3) is 0 Å². The lowest BCUT2D eigenvalue weighted by atomic mass is 10.2. The Kier molecular flexibility index (Phi) is 3.08. The fraction of sp³-hybridized carbons (Fsp3) is 0.750. The molecule has 0 N–H and O–H groups in total. The first kappa shape index (κ1) is 8.24. The summed E-state index contributed by atoms with van der Waals surface area (Å²) in [5.74, 6) is 1.10. The second kappa shape index (κ2) is 4.11. The number of unbranched alkanes of at least 4 members (excludes halogenated alkanes) is 2. The van der Waals surface area contributed by atoms with Gasteiger partial charge in [-0.05, 0) is 6.42 Å². The molecule has 0 aliphatic heterocycles. The summed E-state index contributed by atoms with van der Waals surface area (Å²) in [7, 11) is 1.99. The molecule has 0 aliphatic carbocycles. The van der Waals surface area contributed by atoms with Crippen LogP contribution in [0.4, 0.5) is 0 Å². The summed E-state index contributed by atoms with van der Waals surface area (Å²) in [5.41, 5.74) is 0.